The third-order valence-corrected chi connectivity index (χ3v) is 3.75. The second-order valence-electron chi connectivity index (χ2n) is 5.48. The van der Waals surface area contributed by atoms with E-state index in [1.807, 2.05) is 48.7 Å². The van der Waals surface area contributed by atoms with Crippen molar-refractivity contribution in [1.29, 1.82) is 0 Å². The summed E-state index contributed by atoms with van der Waals surface area (Å²) in [6, 6.07) is 16.9. The second kappa shape index (κ2) is 8.87. The summed E-state index contributed by atoms with van der Waals surface area (Å²) in [4.78, 5) is 11.9. The molecule has 0 atom stereocenters. The zero-order chi connectivity index (χ0) is 18.2. The van der Waals surface area contributed by atoms with Crippen LogP contribution in [0.25, 0.3) is 11.8 Å². The van der Waals surface area contributed by atoms with Crippen molar-refractivity contribution in [3.8, 4) is 11.4 Å². The van der Waals surface area contributed by atoms with Crippen molar-refractivity contribution < 1.29 is 9.53 Å². The van der Waals surface area contributed by atoms with Gasteiger partial charge >= 0.3 is 0 Å². The van der Waals surface area contributed by atoms with E-state index in [0.29, 0.717) is 23.9 Å². The number of aromatic nitrogens is 2. The van der Waals surface area contributed by atoms with Gasteiger partial charge in [0.1, 0.15) is 12.4 Å². The largest absolute Gasteiger partial charge is 0.492 e. The maximum absolute atomic E-state index is 11.9. The summed E-state index contributed by atoms with van der Waals surface area (Å²) < 4.78 is 7.28. The van der Waals surface area contributed by atoms with Gasteiger partial charge in [0, 0.05) is 22.9 Å². The Labute approximate surface area is 156 Å². The molecule has 0 radical (unpaired) electrons. The Bertz CT molecular complexity index is 891. The number of nitrogens with one attached hydrogen (secondary N) is 1. The summed E-state index contributed by atoms with van der Waals surface area (Å²) in [5.41, 5.74) is 1.81. The minimum Gasteiger partial charge on any atom is -0.492 e. The molecule has 3 aromatic rings. The third kappa shape index (κ3) is 5.22. The molecule has 1 N–H and O–H groups in total. The van der Waals surface area contributed by atoms with E-state index in [-0.39, 0.29) is 5.91 Å². The Kier molecular flexibility index (Phi) is 6.06. The number of halogens is 1. The van der Waals surface area contributed by atoms with Crippen molar-refractivity contribution >= 4 is 23.6 Å². The highest BCUT2D eigenvalue weighted by Gasteiger charge is 2.00. The van der Waals surface area contributed by atoms with E-state index in [0.717, 1.165) is 11.3 Å². The lowest BCUT2D eigenvalue weighted by atomic mass is 10.3. The molecule has 0 saturated carbocycles. The van der Waals surface area contributed by atoms with Gasteiger partial charge < -0.3 is 10.1 Å². The Morgan fingerprint density at radius 1 is 1.19 bits per heavy atom. The van der Waals surface area contributed by atoms with Crippen LogP contribution in [0.4, 0.5) is 0 Å². The standard InChI is InChI=1S/C20H18ClN3O2/c21-17-5-4-8-19(13-17)26-12-11-22-20(25)10-9-16-14-23-24(15-16)18-6-2-1-3-7-18/h1-10,13-15H,11-12H2,(H,22,25)/b10-9+. The fourth-order valence-corrected chi connectivity index (χ4v) is 2.46. The minimum atomic E-state index is -0.188. The van der Waals surface area contributed by atoms with Gasteiger partial charge in [-0.15, -0.1) is 0 Å². The molecule has 3 rings (SSSR count). The summed E-state index contributed by atoms with van der Waals surface area (Å²) in [7, 11) is 0. The maximum Gasteiger partial charge on any atom is 0.244 e. The van der Waals surface area contributed by atoms with Crippen LogP contribution < -0.4 is 10.1 Å². The van der Waals surface area contributed by atoms with Crippen molar-refractivity contribution in [3.63, 3.8) is 0 Å². The number of ether oxygens (including phenoxy) is 1. The number of nitrogens with zero attached hydrogens (tertiary/aromatic N) is 2. The number of benzene rings is 2. The monoisotopic (exact) mass is 367 g/mol. The van der Waals surface area contributed by atoms with Gasteiger partial charge in [0.25, 0.3) is 0 Å². The van der Waals surface area contributed by atoms with Crippen LogP contribution >= 0.6 is 11.6 Å². The molecule has 0 bridgehead atoms. The fraction of sp³-hybridized carbons (Fsp3) is 0.100. The number of amides is 1. The zero-order valence-corrected chi connectivity index (χ0v) is 14.8. The van der Waals surface area contributed by atoms with Crippen molar-refractivity contribution in [2.45, 2.75) is 0 Å². The van der Waals surface area contributed by atoms with Gasteiger partial charge in [-0.2, -0.15) is 5.10 Å². The van der Waals surface area contributed by atoms with Crippen LogP contribution in [-0.2, 0) is 4.79 Å². The predicted octanol–water partition coefficient (Wildman–Crippen LogP) is 3.73. The highest BCUT2D eigenvalue weighted by molar-refractivity contribution is 6.30. The number of hydrogen-bond donors (Lipinski definition) is 1. The first-order valence-corrected chi connectivity index (χ1v) is 8.53. The van der Waals surface area contributed by atoms with Crippen molar-refractivity contribution in [2.75, 3.05) is 13.2 Å². The van der Waals surface area contributed by atoms with Crippen LogP contribution in [0.3, 0.4) is 0 Å². The van der Waals surface area contributed by atoms with E-state index in [1.54, 1.807) is 29.1 Å². The van der Waals surface area contributed by atoms with Gasteiger partial charge in [-0.1, -0.05) is 35.9 Å². The van der Waals surface area contributed by atoms with Gasteiger partial charge in [-0.3, -0.25) is 4.79 Å². The predicted molar refractivity (Wildman–Crippen MR) is 103 cm³/mol. The minimum absolute atomic E-state index is 0.188. The number of carbonyl (C=O) groups excluding carboxylic acids is 1. The molecule has 0 aliphatic heterocycles. The molecule has 6 heteroatoms. The van der Waals surface area contributed by atoms with Gasteiger partial charge in [0.05, 0.1) is 18.4 Å². The van der Waals surface area contributed by atoms with Crippen LogP contribution in [0.15, 0.2) is 73.1 Å². The molecule has 1 heterocycles. The lowest BCUT2D eigenvalue weighted by molar-refractivity contribution is -0.116. The number of carbonyl (C=O) groups is 1. The Hall–Kier alpha value is -3.05. The van der Waals surface area contributed by atoms with Crippen molar-refractivity contribution in [2.24, 2.45) is 0 Å². The van der Waals surface area contributed by atoms with Crippen LogP contribution in [0.2, 0.25) is 5.02 Å². The summed E-state index contributed by atoms with van der Waals surface area (Å²) >= 11 is 5.88. The molecule has 1 aromatic heterocycles. The lowest BCUT2D eigenvalue weighted by Gasteiger charge is -2.06. The average Bonchev–Trinajstić information content (AvgIpc) is 3.13. The summed E-state index contributed by atoms with van der Waals surface area (Å²) in [6.07, 6.45) is 6.77. The first kappa shape index (κ1) is 17.8. The number of hydrogen-bond acceptors (Lipinski definition) is 3. The normalized spacial score (nSPS) is 10.8. The van der Waals surface area contributed by atoms with Gasteiger partial charge in [0.2, 0.25) is 5.91 Å². The number of para-hydroxylation sites is 1. The molecule has 0 aliphatic carbocycles. The molecule has 1 amide bonds. The topological polar surface area (TPSA) is 56.2 Å². The van der Waals surface area contributed by atoms with E-state index in [9.17, 15) is 4.79 Å². The number of rotatable bonds is 7. The molecule has 26 heavy (non-hydrogen) atoms. The quantitative estimate of drug-likeness (QED) is 0.511. The van der Waals surface area contributed by atoms with E-state index >= 15 is 0 Å². The van der Waals surface area contributed by atoms with Crippen LogP contribution in [0, 0.1) is 0 Å². The van der Waals surface area contributed by atoms with Crippen molar-refractivity contribution in [1.82, 2.24) is 15.1 Å². The van der Waals surface area contributed by atoms with E-state index < -0.39 is 0 Å². The van der Waals surface area contributed by atoms with E-state index in [4.69, 9.17) is 16.3 Å². The first-order chi connectivity index (χ1) is 12.7. The summed E-state index contributed by atoms with van der Waals surface area (Å²) in [5, 5.41) is 7.66. The fourth-order valence-electron chi connectivity index (χ4n) is 2.28. The highest BCUT2D eigenvalue weighted by Crippen LogP contribution is 2.16. The molecule has 5 nitrogen and oxygen atoms in total. The summed E-state index contributed by atoms with van der Waals surface area (Å²) in [6.45, 7) is 0.769. The molecular formula is C20H18ClN3O2. The van der Waals surface area contributed by atoms with Crippen molar-refractivity contribution in [3.05, 3.63) is 83.7 Å². The molecule has 132 valence electrons. The second-order valence-corrected chi connectivity index (χ2v) is 5.92. The first-order valence-electron chi connectivity index (χ1n) is 8.15. The van der Waals surface area contributed by atoms with Crippen LogP contribution in [0.1, 0.15) is 5.56 Å². The molecule has 0 saturated heterocycles. The molecule has 2 aromatic carbocycles. The Balaban J connectivity index is 1.44. The lowest BCUT2D eigenvalue weighted by Crippen LogP contribution is -2.26. The zero-order valence-electron chi connectivity index (χ0n) is 14.0. The molecular weight excluding hydrogens is 350 g/mol. The van der Waals surface area contributed by atoms with Crippen LogP contribution in [0.5, 0.6) is 5.75 Å². The van der Waals surface area contributed by atoms with E-state index in [1.165, 1.54) is 6.08 Å². The molecule has 0 fully saturated rings. The SMILES string of the molecule is O=C(/C=C/c1cnn(-c2ccccc2)c1)NCCOc1cccc(Cl)c1. The third-order valence-electron chi connectivity index (χ3n) is 3.52. The highest BCUT2D eigenvalue weighted by atomic mass is 35.5. The average molecular weight is 368 g/mol. The van der Waals surface area contributed by atoms with Gasteiger partial charge in [0.15, 0.2) is 0 Å². The summed E-state index contributed by atoms with van der Waals surface area (Å²) in [5.74, 6) is 0.489. The molecule has 0 spiro atoms. The maximum atomic E-state index is 11.9. The van der Waals surface area contributed by atoms with Crippen LogP contribution in [-0.4, -0.2) is 28.8 Å². The molecule has 0 unspecified atom stereocenters. The Morgan fingerprint density at radius 2 is 2.04 bits per heavy atom. The van der Waals surface area contributed by atoms with Gasteiger partial charge in [-0.25, -0.2) is 4.68 Å². The Morgan fingerprint density at radius 3 is 2.85 bits per heavy atom. The van der Waals surface area contributed by atoms with E-state index in [2.05, 4.69) is 10.4 Å². The van der Waals surface area contributed by atoms with Gasteiger partial charge in [-0.05, 0) is 36.4 Å². The molecule has 0 aliphatic rings. The smallest absolute Gasteiger partial charge is 0.244 e.